The third-order valence-electron chi connectivity index (χ3n) is 5.04. The van der Waals surface area contributed by atoms with Gasteiger partial charge in [-0.3, -0.25) is 0 Å². The predicted molar refractivity (Wildman–Crippen MR) is 144 cm³/mol. The third-order valence-corrected chi connectivity index (χ3v) is 11.9. The number of carbonyl (C=O) groups excluding carboxylic acids is 1. The first kappa shape index (κ1) is 21.6. The van der Waals surface area contributed by atoms with Gasteiger partial charge in [0.25, 0.3) is 0 Å². The third kappa shape index (κ3) is 4.77. The molecule has 1 amide bonds. The molecule has 1 N–H and O–H groups in total. The van der Waals surface area contributed by atoms with Crippen LogP contribution in [-0.4, -0.2) is 18.0 Å². The molecule has 1 aromatic heterocycles. The Morgan fingerprint density at radius 2 is 1.42 bits per heavy atom. The quantitative estimate of drug-likeness (QED) is 0.227. The first-order valence-corrected chi connectivity index (χ1v) is 14.4. The van der Waals surface area contributed by atoms with Gasteiger partial charge in [-0.2, -0.15) is 0 Å². The van der Waals surface area contributed by atoms with Crippen LogP contribution >= 0.6 is 31.2 Å². The molecule has 0 saturated heterocycles. The summed E-state index contributed by atoms with van der Waals surface area (Å²) in [4.78, 5) is 17.4. The van der Waals surface area contributed by atoms with Crippen molar-refractivity contribution in [1.29, 1.82) is 0 Å². The molecule has 4 aromatic carbocycles. The van der Waals surface area contributed by atoms with Crippen molar-refractivity contribution in [2.24, 2.45) is 0 Å². The number of halogens is 1. The van der Waals surface area contributed by atoms with Gasteiger partial charge >= 0.3 is 197 Å². The number of carbonyl (C=O) groups is 1. The number of nitrogens with one attached hydrogen (secondary N) is 1. The van der Waals surface area contributed by atoms with E-state index in [9.17, 15) is 4.79 Å². The van der Waals surface area contributed by atoms with Crippen LogP contribution in [0.2, 0.25) is 0 Å². The fraction of sp³-hybridized carbons (Fsp3) is 0.0370. The Morgan fingerprint density at radius 1 is 0.818 bits per heavy atom. The van der Waals surface area contributed by atoms with Gasteiger partial charge in [-0.1, -0.05) is 0 Å². The number of thiazole rings is 1. The van der Waals surface area contributed by atoms with Crippen molar-refractivity contribution in [2.75, 3.05) is 12.4 Å². The van der Waals surface area contributed by atoms with Gasteiger partial charge < -0.3 is 0 Å². The van der Waals surface area contributed by atoms with Crippen LogP contribution in [-0.2, 0) is 0 Å². The summed E-state index contributed by atoms with van der Waals surface area (Å²) >= 11 is -0.394. The van der Waals surface area contributed by atoms with Gasteiger partial charge in [-0.15, -0.1) is 0 Å². The average molecular weight is 564 g/mol. The molecule has 1 heterocycles. The average Bonchev–Trinajstić information content (AvgIpc) is 3.27. The normalized spacial score (nSPS) is 11.2. The molecule has 0 atom stereocenters. The van der Waals surface area contributed by atoms with E-state index in [4.69, 9.17) is 4.74 Å². The Bertz CT molecular complexity index is 1350. The van der Waals surface area contributed by atoms with E-state index in [0.29, 0.717) is 10.7 Å². The van der Waals surface area contributed by atoms with E-state index in [1.807, 2.05) is 42.5 Å². The van der Waals surface area contributed by atoms with Crippen molar-refractivity contribution in [3.05, 3.63) is 119 Å². The van der Waals surface area contributed by atoms with E-state index >= 15 is 0 Å². The van der Waals surface area contributed by atoms with Crippen molar-refractivity contribution in [3.63, 3.8) is 0 Å². The van der Waals surface area contributed by atoms with E-state index < -0.39 is 19.8 Å². The predicted octanol–water partition coefficient (Wildman–Crippen LogP) is 6.97. The first-order chi connectivity index (χ1) is 16.2. The molecule has 0 radical (unpaired) electrons. The molecule has 0 aliphatic rings. The Hall–Kier alpha value is -3.23. The van der Waals surface area contributed by atoms with Gasteiger partial charge in [-0.05, 0) is 0 Å². The Kier molecular flexibility index (Phi) is 6.37. The molecule has 33 heavy (non-hydrogen) atoms. The number of methoxy groups -OCH3 is 1. The van der Waals surface area contributed by atoms with Crippen LogP contribution in [0.25, 0.3) is 10.2 Å². The molecule has 0 fully saturated rings. The van der Waals surface area contributed by atoms with E-state index in [1.54, 1.807) is 7.11 Å². The first-order valence-electron chi connectivity index (χ1n) is 10.4. The van der Waals surface area contributed by atoms with Crippen LogP contribution in [0.4, 0.5) is 5.13 Å². The van der Waals surface area contributed by atoms with E-state index in [2.05, 4.69) is 71.0 Å². The van der Waals surface area contributed by atoms with Crippen molar-refractivity contribution >= 4 is 52.4 Å². The van der Waals surface area contributed by atoms with Gasteiger partial charge in [0.1, 0.15) is 0 Å². The summed E-state index contributed by atoms with van der Waals surface area (Å²) < 4.78 is 10.3. The molecule has 164 valence electrons. The fourth-order valence-corrected chi connectivity index (χ4v) is 9.84. The molecule has 0 spiro atoms. The monoisotopic (exact) mass is 564 g/mol. The van der Waals surface area contributed by atoms with Crippen LogP contribution < -0.4 is 10.1 Å². The summed E-state index contributed by atoms with van der Waals surface area (Å²) in [5.74, 6) is 0.614. The maximum atomic E-state index is 12.9. The maximum absolute atomic E-state index is 12.9. The van der Waals surface area contributed by atoms with Gasteiger partial charge in [0.05, 0.1) is 7.11 Å². The van der Waals surface area contributed by atoms with Crippen molar-refractivity contribution in [2.45, 2.75) is 0 Å². The van der Waals surface area contributed by atoms with Crippen LogP contribution in [0.15, 0.2) is 103 Å². The molecule has 5 aromatic rings. The van der Waals surface area contributed by atoms with Crippen molar-refractivity contribution < 1.29 is 9.53 Å². The zero-order chi connectivity index (χ0) is 22.6. The number of ether oxygens (including phenoxy) is 1. The number of nitrogens with zero attached hydrogens (tertiary/aromatic N) is 1. The SMILES string of the molecule is COc1ccc2nc(NC(=O)c3ccc(I(c4ccccc4)c4ccccc4)cc3)sc2c1. The summed E-state index contributed by atoms with van der Waals surface area (Å²) in [6.45, 7) is 0. The second-order valence-corrected chi connectivity index (χ2v) is 13.6. The molecular formula is C27H21IN2O2S. The van der Waals surface area contributed by atoms with Crippen LogP contribution in [0.1, 0.15) is 10.4 Å². The summed E-state index contributed by atoms with van der Waals surface area (Å²) in [5, 5.41) is 3.52. The molecule has 0 bridgehead atoms. The zero-order valence-electron chi connectivity index (χ0n) is 17.9. The fourth-order valence-electron chi connectivity index (χ4n) is 3.44. The molecule has 0 saturated carbocycles. The summed E-state index contributed by atoms with van der Waals surface area (Å²) in [7, 11) is 1.64. The number of hydrogen-bond donors (Lipinski definition) is 1. The number of amides is 1. The Morgan fingerprint density at radius 3 is 2.03 bits per heavy atom. The zero-order valence-corrected chi connectivity index (χ0v) is 20.8. The number of aromatic nitrogens is 1. The molecule has 0 aliphatic carbocycles. The standard InChI is InChI=1S/C27H21IN2O2S/c1-32-23-16-17-24-25(18-23)33-27(29-24)30-26(31)19-12-14-22(15-13-19)28(20-8-4-2-5-9-20)21-10-6-3-7-11-21/h2-18H,1H3,(H,29,30,31). The van der Waals surface area contributed by atoms with E-state index in [1.165, 1.54) is 22.0 Å². The van der Waals surface area contributed by atoms with Gasteiger partial charge in [-0.25, -0.2) is 0 Å². The van der Waals surface area contributed by atoms with Crippen LogP contribution in [0.3, 0.4) is 0 Å². The molecular weight excluding hydrogens is 543 g/mol. The minimum absolute atomic E-state index is 0.160. The Balaban J connectivity index is 1.39. The van der Waals surface area contributed by atoms with Crippen LogP contribution in [0, 0.1) is 10.7 Å². The number of hydrogen-bond acceptors (Lipinski definition) is 4. The van der Waals surface area contributed by atoms with Crippen molar-refractivity contribution in [3.8, 4) is 5.75 Å². The van der Waals surface area contributed by atoms with Gasteiger partial charge in [0.15, 0.2) is 0 Å². The van der Waals surface area contributed by atoms with E-state index in [0.717, 1.165) is 16.0 Å². The second kappa shape index (κ2) is 9.72. The number of fused-ring (bicyclic) bond motifs is 1. The second-order valence-electron chi connectivity index (χ2n) is 7.19. The summed E-state index contributed by atoms with van der Waals surface area (Å²) in [6, 6.07) is 35.0. The van der Waals surface area contributed by atoms with Gasteiger partial charge in [0.2, 0.25) is 0 Å². The summed E-state index contributed by atoms with van der Waals surface area (Å²) in [6.07, 6.45) is 0. The number of benzene rings is 4. The molecule has 5 rings (SSSR count). The number of anilines is 1. The number of rotatable bonds is 6. The molecule has 0 unspecified atom stereocenters. The van der Waals surface area contributed by atoms with Crippen molar-refractivity contribution in [1.82, 2.24) is 4.98 Å². The van der Waals surface area contributed by atoms with Gasteiger partial charge in [0, 0.05) is 0 Å². The van der Waals surface area contributed by atoms with E-state index in [-0.39, 0.29) is 5.91 Å². The molecule has 0 aliphatic heterocycles. The van der Waals surface area contributed by atoms with Crippen LogP contribution in [0.5, 0.6) is 5.75 Å². The Labute approximate surface area is 203 Å². The summed E-state index contributed by atoms with van der Waals surface area (Å²) in [5.41, 5.74) is 1.46. The minimum atomic E-state index is -1.83. The topological polar surface area (TPSA) is 51.2 Å². The molecule has 4 nitrogen and oxygen atoms in total. The molecule has 6 heteroatoms.